The second kappa shape index (κ2) is 6.24. The first-order valence-corrected chi connectivity index (χ1v) is 8.79. The molecule has 4 heteroatoms. The van der Waals surface area contributed by atoms with Gasteiger partial charge in [0.15, 0.2) is 0 Å². The van der Waals surface area contributed by atoms with Crippen molar-refractivity contribution in [1.82, 2.24) is 15.1 Å². The smallest absolute Gasteiger partial charge is 0.108 e. The van der Waals surface area contributed by atoms with Gasteiger partial charge >= 0.3 is 0 Å². The van der Waals surface area contributed by atoms with Gasteiger partial charge in [0.1, 0.15) is 5.54 Å². The molecule has 1 N–H and O–H groups in total. The fourth-order valence-corrected chi connectivity index (χ4v) is 4.28. The van der Waals surface area contributed by atoms with Gasteiger partial charge in [-0.15, -0.1) is 0 Å². The van der Waals surface area contributed by atoms with Gasteiger partial charge in [-0.2, -0.15) is 5.26 Å². The van der Waals surface area contributed by atoms with Gasteiger partial charge in [0.25, 0.3) is 0 Å². The summed E-state index contributed by atoms with van der Waals surface area (Å²) in [6.45, 7) is 5.89. The van der Waals surface area contributed by atoms with Crippen LogP contribution in [0.3, 0.4) is 0 Å². The van der Waals surface area contributed by atoms with Crippen molar-refractivity contribution in [3.63, 3.8) is 0 Å². The molecule has 3 atom stereocenters. The molecule has 1 aliphatic heterocycles. The topological polar surface area (TPSA) is 42.3 Å². The van der Waals surface area contributed by atoms with Crippen LogP contribution in [0.4, 0.5) is 0 Å². The molecule has 2 aliphatic carbocycles. The standard InChI is InChI=1S/C17H30N4/c1-3-21-10-4-5-16(21)12-20(2)15-8-9-17(11-15,13-18)19-14-6-7-14/h14-16,19H,3-12H2,1-2H3. The SMILES string of the molecule is CCN1CCCC1CN(C)C1CCC(C#N)(NC2CC2)C1. The van der Waals surface area contributed by atoms with E-state index >= 15 is 0 Å². The lowest BCUT2D eigenvalue weighted by Gasteiger charge is -2.32. The lowest BCUT2D eigenvalue weighted by atomic mass is 9.99. The number of nitrogens with zero attached hydrogens (tertiary/aromatic N) is 3. The van der Waals surface area contributed by atoms with Crippen LogP contribution in [0.15, 0.2) is 0 Å². The summed E-state index contributed by atoms with van der Waals surface area (Å²) in [4.78, 5) is 5.15. The molecule has 4 nitrogen and oxygen atoms in total. The van der Waals surface area contributed by atoms with E-state index in [1.165, 1.54) is 51.7 Å². The maximum absolute atomic E-state index is 9.62. The van der Waals surface area contributed by atoms with Gasteiger partial charge in [-0.1, -0.05) is 6.92 Å². The van der Waals surface area contributed by atoms with Gasteiger partial charge in [0.2, 0.25) is 0 Å². The van der Waals surface area contributed by atoms with E-state index in [2.05, 4.69) is 35.2 Å². The van der Waals surface area contributed by atoms with E-state index < -0.39 is 0 Å². The number of likely N-dealkylation sites (tertiary alicyclic amines) is 1. The Morgan fingerprint density at radius 3 is 2.81 bits per heavy atom. The first-order chi connectivity index (χ1) is 10.2. The van der Waals surface area contributed by atoms with Crippen LogP contribution in [0.2, 0.25) is 0 Å². The summed E-state index contributed by atoms with van der Waals surface area (Å²) in [5.41, 5.74) is -0.236. The van der Waals surface area contributed by atoms with Gasteiger partial charge in [0, 0.05) is 24.7 Å². The van der Waals surface area contributed by atoms with Crippen LogP contribution in [-0.2, 0) is 0 Å². The lowest BCUT2D eigenvalue weighted by Crippen LogP contribution is -2.46. The van der Waals surface area contributed by atoms with Crippen LogP contribution in [0.5, 0.6) is 0 Å². The quantitative estimate of drug-likeness (QED) is 0.812. The molecule has 0 spiro atoms. The zero-order valence-electron chi connectivity index (χ0n) is 13.6. The normalized spacial score (nSPS) is 37.2. The van der Waals surface area contributed by atoms with Gasteiger partial charge in [-0.25, -0.2) is 0 Å². The number of hydrogen-bond donors (Lipinski definition) is 1. The third-order valence-electron chi connectivity index (χ3n) is 5.79. The van der Waals surface area contributed by atoms with Gasteiger partial charge in [0.05, 0.1) is 6.07 Å². The molecule has 3 rings (SSSR count). The molecule has 0 bridgehead atoms. The molecule has 21 heavy (non-hydrogen) atoms. The highest BCUT2D eigenvalue weighted by Gasteiger charge is 2.44. The van der Waals surface area contributed by atoms with Gasteiger partial charge in [-0.05, 0) is 65.1 Å². The van der Waals surface area contributed by atoms with E-state index in [-0.39, 0.29) is 5.54 Å². The molecule has 3 fully saturated rings. The Balaban J connectivity index is 1.53. The van der Waals surface area contributed by atoms with E-state index in [9.17, 15) is 5.26 Å². The molecule has 0 radical (unpaired) electrons. The number of likely N-dealkylation sites (N-methyl/N-ethyl adjacent to an activating group) is 2. The average molecular weight is 290 g/mol. The Morgan fingerprint density at radius 1 is 1.33 bits per heavy atom. The van der Waals surface area contributed by atoms with Crippen molar-refractivity contribution in [3.05, 3.63) is 0 Å². The maximum Gasteiger partial charge on any atom is 0.108 e. The predicted octanol–water partition coefficient (Wildman–Crippen LogP) is 1.97. The second-order valence-corrected chi connectivity index (χ2v) is 7.37. The van der Waals surface area contributed by atoms with Crippen molar-refractivity contribution in [1.29, 1.82) is 5.26 Å². The highest BCUT2D eigenvalue weighted by molar-refractivity contribution is 5.15. The molecule has 0 aromatic rings. The first-order valence-electron chi connectivity index (χ1n) is 8.79. The minimum atomic E-state index is -0.236. The van der Waals surface area contributed by atoms with Crippen molar-refractivity contribution < 1.29 is 0 Å². The van der Waals surface area contributed by atoms with Gasteiger partial charge in [-0.3, -0.25) is 10.2 Å². The molecule has 118 valence electrons. The maximum atomic E-state index is 9.62. The molecular formula is C17H30N4. The molecule has 1 saturated heterocycles. The summed E-state index contributed by atoms with van der Waals surface area (Å²) in [5, 5.41) is 13.2. The monoisotopic (exact) mass is 290 g/mol. The van der Waals surface area contributed by atoms with Crippen molar-refractivity contribution in [3.8, 4) is 6.07 Å². The summed E-state index contributed by atoms with van der Waals surface area (Å²) in [5.74, 6) is 0. The largest absolute Gasteiger partial charge is 0.302 e. The van der Waals surface area contributed by atoms with Crippen molar-refractivity contribution in [2.75, 3.05) is 26.7 Å². The number of hydrogen-bond acceptors (Lipinski definition) is 4. The highest BCUT2D eigenvalue weighted by atomic mass is 15.2. The van der Waals surface area contributed by atoms with Crippen LogP contribution in [0.1, 0.15) is 51.9 Å². The predicted molar refractivity (Wildman–Crippen MR) is 85.0 cm³/mol. The van der Waals surface area contributed by atoms with Crippen LogP contribution >= 0.6 is 0 Å². The van der Waals surface area contributed by atoms with Crippen LogP contribution in [0.25, 0.3) is 0 Å². The van der Waals surface area contributed by atoms with Gasteiger partial charge < -0.3 is 4.90 Å². The Bertz CT molecular complexity index is 400. The van der Waals surface area contributed by atoms with Crippen LogP contribution in [-0.4, -0.2) is 60.1 Å². The summed E-state index contributed by atoms with van der Waals surface area (Å²) < 4.78 is 0. The van der Waals surface area contributed by atoms with Crippen molar-refractivity contribution >= 4 is 0 Å². The van der Waals surface area contributed by atoms with E-state index in [4.69, 9.17) is 0 Å². The highest BCUT2D eigenvalue weighted by Crippen LogP contribution is 2.36. The first kappa shape index (κ1) is 15.3. The minimum Gasteiger partial charge on any atom is -0.302 e. The zero-order chi connectivity index (χ0) is 14.9. The molecule has 0 amide bonds. The lowest BCUT2D eigenvalue weighted by molar-refractivity contribution is 0.161. The van der Waals surface area contributed by atoms with Crippen molar-refractivity contribution in [2.45, 2.75) is 75.5 Å². The van der Waals surface area contributed by atoms with E-state index in [0.29, 0.717) is 12.1 Å². The minimum absolute atomic E-state index is 0.236. The number of rotatable bonds is 6. The zero-order valence-corrected chi connectivity index (χ0v) is 13.6. The van der Waals surface area contributed by atoms with E-state index in [0.717, 1.165) is 18.9 Å². The van der Waals surface area contributed by atoms with Crippen molar-refractivity contribution in [2.24, 2.45) is 0 Å². The molecule has 3 aliphatic rings. The second-order valence-electron chi connectivity index (χ2n) is 7.37. The Labute approximate surface area is 129 Å². The van der Waals surface area contributed by atoms with E-state index in [1.807, 2.05) is 0 Å². The van der Waals surface area contributed by atoms with Crippen LogP contribution in [0, 0.1) is 11.3 Å². The molecule has 0 aromatic heterocycles. The Hall–Kier alpha value is -0.630. The fraction of sp³-hybridized carbons (Fsp3) is 0.941. The summed E-state index contributed by atoms with van der Waals surface area (Å²) in [7, 11) is 2.27. The summed E-state index contributed by atoms with van der Waals surface area (Å²) in [6, 6.07) is 4.53. The molecule has 2 saturated carbocycles. The van der Waals surface area contributed by atoms with Crippen LogP contribution < -0.4 is 5.32 Å². The molecule has 0 aromatic carbocycles. The fourth-order valence-electron chi connectivity index (χ4n) is 4.28. The number of nitrogens with one attached hydrogen (secondary N) is 1. The Kier molecular flexibility index (Phi) is 4.54. The third kappa shape index (κ3) is 3.41. The molecule has 1 heterocycles. The molecule has 3 unspecified atom stereocenters. The molecular weight excluding hydrogens is 260 g/mol. The number of nitriles is 1. The summed E-state index contributed by atoms with van der Waals surface area (Å²) >= 11 is 0. The third-order valence-corrected chi connectivity index (χ3v) is 5.79. The average Bonchev–Trinajstić information content (AvgIpc) is 3.02. The Morgan fingerprint density at radius 2 is 2.14 bits per heavy atom. The summed E-state index contributed by atoms with van der Waals surface area (Å²) in [6.07, 6.45) is 8.42. The van der Waals surface area contributed by atoms with E-state index in [1.54, 1.807) is 0 Å².